The zero-order chi connectivity index (χ0) is 24.7. The average Bonchev–Trinajstić information content (AvgIpc) is 2.83. The van der Waals surface area contributed by atoms with Crippen molar-refractivity contribution in [2.75, 3.05) is 31.5 Å². The van der Waals surface area contributed by atoms with Gasteiger partial charge in [0.15, 0.2) is 0 Å². The van der Waals surface area contributed by atoms with Crippen LogP contribution in [0.1, 0.15) is 34.8 Å². The third-order valence-electron chi connectivity index (χ3n) is 6.77. The van der Waals surface area contributed by atoms with Gasteiger partial charge in [0.2, 0.25) is 5.91 Å². The Morgan fingerprint density at radius 2 is 1.94 bits per heavy atom. The van der Waals surface area contributed by atoms with E-state index in [2.05, 4.69) is 29.5 Å². The number of benzene rings is 1. The minimum atomic E-state index is -0.495. The lowest BCUT2D eigenvalue weighted by Gasteiger charge is -2.38. The van der Waals surface area contributed by atoms with E-state index in [0.717, 1.165) is 35.4 Å². The van der Waals surface area contributed by atoms with Crippen LogP contribution in [0.5, 0.6) is 0 Å². The number of likely N-dealkylation sites (tertiary alicyclic amines) is 1. The second-order valence-corrected chi connectivity index (χ2v) is 9.85. The molecule has 0 spiro atoms. The Balaban J connectivity index is 1.51. The summed E-state index contributed by atoms with van der Waals surface area (Å²) in [6.07, 6.45) is 0.829. The maximum absolute atomic E-state index is 13.5. The summed E-state index contributed by atoms with van der Waals surface area (Å²) < 4.78 is 1.40. The fourth-order valence-corrected chi connectivity index (χ4v) is 4.92. The van der Waals surface area contributed by atoms with E-state index in [4.69, 9.17) is 11.6 Å². The summed E-state index contributed by atoms with van der Waals surface area (Å²) in [7, 11) is 0. The van der Waals surface area contributed by atoms with Crippen LogP contribution in [0, 0.1) is 5.92 Å². The van der Waals surface area contributed by atoms with E-state index < -0.39 is 11.5 Å². The first-order chi connectivity index (χ1) is 16.8. The van der Waals surface area contributed by atoms with E-state index >= 15 is 0 Å². The highest BCUT2D eigenvalue weighted by Crippen LogP contribution is 2.35. The number of nitrogens with one attached hydrogen (secondary N) is 3. The van der Waals surface area contributed by atoms with Gasteiger partial charge in [-0.3, -0.25) is 19.0 Å². The van der Waals surface area contributed by atoms with Gasteiger partial charge in [0.05, 0.1) is 5.70 Å². The van der Waals surface area contributed by atoms with Gasteiger partial charge in [0.1, 0.15) is 17.9 Å². The minimum Gasteiger partial charge on any atom is -0.384 e. The first-order valence-corrected chi connectivity index (χ1v) is 12.2. The topological polar surface area (TPSA) is 95.5 Å². The van der Waals surface area contributed by atoms with Crippen molar-refractivity contribution in [1.82, 2.24) is 20.1 Å². The molecule has 0 radical (unpaired) electrons. The number of carbonyl (C=O) groups is 2. The van der Waals surface area contributed by atoms with Crippen molar-refractivity contribution in [3.63, 3.8) is 0 Å². The van der Waals surface area contributed by atoms with Crippen LogP contribution < -0.4 is 21.5 Å². The smallest absolute Gasteiger partial charge is 0.265 e. The number of hydrogen-bond acceptors (Lipinski definition) is 5. The molecule has 4 heterocycles. The summed E-state index contributed by atoms with van der Waals surface area (Å²) in [5.41, 5.74) is 3.98. The van der Waals surface area contributed by atoms with Gasteiger partial charge in [-0.15, -0.1) is 0 Å². The van der Waals surface area contributed by atoms with E-state index in [1.807, 2.05) is 12.1 Å². The van der Waals surface area contributed by atoms with Crippen molar-refractivity contribution >= 4 is 34.9 Å². The average molecular weight is 494 g/mol. The van der Waals surface area contributed by atoms with Crippen molar-refractivity contribution in [3.05, 3.63) is 80.1 Å². The summed E-state index contributed by atoms with van der Waals surface area (Å²) in [5.74, 6) is 0.382. The lowest BCUT2D eigenvalue weighted by Crippen LogP contribution is -2.51. The molecular weight excluding hydrogens is 466 g/mol. The van der Waals surface area contributed by atoms with Crippen LogP contribution in [0.2, 0.25) is 5.02 Å². The number of anilines is 1. The van der Waals surface area contributed by atoms with Crippen LogP contribution in [0.3, 0.4) is 0 Å². The molecule has 0 unspecified atom stereocenters. The summed E-state index contributed by atoms with van der Waals surface area (Å²) in [4.78, 5) is 41.3. The number of hydrogen-bond donors (Lipinski definition) is 3. The van der Waals surface area contributed by atoms with E-state index in [-0.39, 0.29) is 24.6 Å². The fraction of sp³-hybridized carbons (Fsp3) is 0.346. The SMILES string of the molecule is C=C1CCNC2=C1CNc1c2cc(C(=O)NCc2ccc(Cl)cc2)c(=O)n1CC(=O)N1CC(C)C1. The minimum absolute atomic E-state index is 0.00368. The van der Waals surface area contributed by atoms with Gasteiger partial charge in [-0.05, 0) is 47.2 Å². The van der Waals surface area contributed by atoms with Crippen LogP contribution in [-0.4, -0.2) is 47.5 Å². The number of nitrogens with zero attached hydrogens (tertiary/aromatic N) is 2. The van der Waals surface area contributed by atoms with Crippen molar-refractivity contribution in [2.24, 2.45) is 5.92 Å². The Bertz CT molecular complexity index is 1310. The quantitative estimate of drug-likeness (QED) is 0.595. The fourth-order valence-electron chi connectivity index (χ4n) is 4.80. The second kappa shape index (κ2) is 9.26. The van der Waals surface area contributed by atoms with Gasteiger partial charge in [-0.1, -0.05) is 37.2 Å². The predicted octanol–water partition coefficient (Wildman–Crippen LogP) is 2.60. The maximum atomic E-state index is 13.5. The van der Waals surface area contributed by atoms with Crippen LogP contribution in [-0.2, 0) is 17.9 Å². The van der Waals surface area contributed by atoms with Crippen LogP contribution in [0.25, 0.3) is 5.70 Å². The second-order valence-electron chi connectivity index (χ2n) is 9.41. The molecule has 1 saturated heterocycles. The van der Waals surface area contributed by atoms with Crippen molar-refractivity contribution in [1.29, 1.82) is 0 Å². The molecule has 1 aromatic carbocycles. The molecule has 3 N–H and O–H groups in total. The van der Waals surface area contributed by atoms with E-state index in [1.54, 1.807) is 23.1 Å². The molecule has 0 aliphatic carbocycles. The highest BCUT2D eigenvalue weighted by Gasteiger charge is 2.32. The molecule has 3 aliphatic rings. The van der Waals surface area contributed by atoms with Crippen LogP contribution >= 0.6 is 11.6 Å². The normalized spacial score (nSPS) is 17.1. The Labute approximate surface area is 208 Å². The molecule has 182 valence electrons. The highest BCUT2D eigenvalue weighted by molar-refractivity contribution is 6.30. The number of aromatic nitrogens is 1. The molecule has 2 amide bonds. The van der Waals surface area contributed by atoms with Crippen LogP contribution in [0.15, 0.2) is 52.9 Å². The molecule has 35 heavy (non-hydrogen) atoms. The van der Waals surface area contributed by atoms with Gasteiger partial charge in [-0.25, -0.2) is 0 Å². The monoisotopic (exact) mass is 493 g/mol. The summed E-state index contributed by atoms with van der Waals surface area (Å²) in [5, 5.41) is 10.2. The Hall–Kier alpha value is -3.52. The third kappa shape index (κ3) is 4.46. The molecule has 5 rings (SSSR count). The molecule has 3 aliphatic heterocycles. The van der Waals surface area contributed by atoms with Gasteiger partial charge in [0.25, 0.3) is 11.5 Å². The van der Waals surface area contributed by atoms with Gasteiger partial charge in [0, 0.05) is 43.3 Å². The van der Waals surface area contributed by atoms with Crippen molar-refractivity contribution < 1.29 is 9.59 Å². The zero-order valence-electron chi connectivity index (χ0n) is 19.6. The van der Waals surface area contributed by atoms with Crippen LogP contribution in [0.4, 0.5) is 5.82 Å². The number of fused-ring (bicyclic) bond motifs is 2. The van der Waals surface area contributed by atoms with Gasteiger partial charge in [-0.2, -0.15) is 0 Å². The Kier molecular flexibility index (Phi) is 6.15. The molecule has 2 aromatic rings. The first kappa shape index (κ1) is 23.2. The molecule has 1 aromatic heterocycles. The largest absolute Gasteiger partial charge is 0.384 e. The van der Waals surface area contributed by atoms with Gasteiger partial charge < -0.3 is 20.9 Å². The Morgan fingerprint density at radius 1 is 1.20 bits per heavy atom. The molecule has 0 bridgehead atoms. The lowest BCUT2D eigenvalue weighted by molar-refractivity contribution is -0.137. The maximum Gasteiger partial charge on any atom is 0.265 e. The first-order valence-electron chi connectivity index (χ1n) is 11.8. The molecule has 1 fully saturated rings. The van der Waals surface area contributed by atoms with Crippen molar-refractivity contribution in [2.45, 2.75) is 26.4 Å². The lowest BCUT2D eigenvalue weighted by atomic mass is 9.92. The highest BCUT2D eigenvalue weighted by atomic mass is 35.5. The number of rotatable bonds is 5. The molecule has 8 nitrogen and oxygen atoms in total. The number of pyridine rings is 1. The number of halogens is 1. The van der Waals surface area contributed by atoms with E-state index in [0.29, 0.717) is 42.0 Å². The molecular formula is C26H28ClN5O3. The summed E-state index contributed by atoms with van der Waals surface area (Å²) in [6.45, 7) is 8.98. The number of amides is 2. The molecule has 9 heteroatoms. The van der Waals surface area contributed by atoms with E-state index in [9.17, 15) is 14.4 Å². The van der Waals surface area contributed by atoms with Gasteiger partial charge >= 0.3 is 0 Å². The Morgan fingerprint density at radius 3 is 2.66 bits per heavy atom. The summed E-state index contributed by atoms with van der Waals surface area (Å²) >= 11 is 5.94. The molecule has 0 atom stereocenters. The zero-order valence-corrected chi connectivity index (χ0v) is 20.4. The van der Waals surface area contributed by atoms with Crippen molar-refractivity contribution in [3.8, 4) is 0 Å². The predicted molar refractivity (Wildman–Crippen MR) is 136 cm³/mol. The third-order valence-corrected chi connectivity index (χ3v) is 7.02. The standard InChI is InChI=1S/C26H28ClN5O3/c1-15-12-31(13-15)22(33)14-32-24-19(23-21(11-29-24)16(2)7-8-28-23)9-20(26(32)35)25(34)30-10-17-3-5-18(27)6-4-17/h3-6,9,15,28-29H,2,7-8,10-14H2,1H3,(H,30,34). The molecule has 0 saturated carbocycles. The van der Waals surface area contributed by atoms with E-state index in [1.165, 1.54) is 4.57 Å². The summed E-state index contributed by atoms with van der Waals surface area (Å²) in [6, 6.07) is 8.75. The number of carbonyl (C=O) groups excluding carboxylic acids is 2.